The van der Waals surface area contributed by atoms with Crippen molar-refractivity contribution in [2.24, 2.45) is 0 Å². The van der Waals surface area contributed by atoms with Crippen molar-refractivity contribution < 1.29 is 9.90 Å². The zero-order chi connectivity index (χ0) is 15.1. The second-order valence-electron chi connectivity index (χ2n) is 6.21. The molecule has 1 atom stereocenters. The summed E-state index contributed by atoms with van der Waals surface area (Å²) >= 11 is 0. The first-order chi connectivity index (χ1) is 10.7. The number of allylic oxidation sites excluding steroid dienone is 4. The van der Waals surface area contributed by atoms with Crippen molar-refractivity contribution in [2.45, 2.75) is 31.6 Å². The molecule has 4 rings (SSSR count). The molecule has 0 aromatic heterocycles. The minimum atomic E-state index is -0.346. The van der Waals surface area contributed by atoms with Gasteiger partial charge in [0.15, 0.2) is 5.78 Å². The van der Waals surface area contributed by atoms with E-state index in [2.05, 4.69) is 6.08 Å². The number of aromatic hydroxyl groups is 1. The van der Waals surface area contributed by atoms with Crippen LogP contribution in [-0.4, -0.2) is 10.9 Å². The summed E-state index contributed by atoms with van der Waals surface area (Å²) in [7, 11) is 0. The highest BCUT2D eigenvalue weighted by molar-refractivity contribution is 6.01. The van der Waals surface area contributed by atoms with E-state index in [0.717, 1.165) is 29.2 Å². The maximum atomic E-state index is 12.5. The van der Waals surface area contributed by atoms with Crippen LogP contribution < -0.4 is 0 Å². The number of hydrogen-bond donors (Lipinski definition) is 1. The Labute approximate surface area is 129 Å². The lowest BCUT2D eigenvalue weighted by molar-refractivity contribution is -0.115. The number of phenols is 1. The average molecular weight is 290 g/mol. The van der Waals surface area contributed by atoms with Crippen LogP contribution in [0, 0.1) is 0 Å². The Morgan fingerprint density at radius 2 is 1.64 bits per heavy atom. The summed E-state index contributed by atoms with van der Waals surface area (Å²) in [5.74, 6) is -0.0470. The molecule has 2 aliphatic carbocycles. The zero-order valence-corrected chi connectivity index (χ0v) is 12.4. The third kappa shape index (κ3) is 2.16. The number of carbonyl (C=O) groups is 1. The van der Waals surface area contributed by atoms with E-state index >= 15 is 0 Å². The summed E-state index contributed by atoms with van der Waals surface area (Å²) in [4.78, 5) is 12.5. The Bertz CT molecular complexity index is 827. The minimum absolute atomic E-state index is 0.0891. The molecule has 0 saturated heterocycles. The van der Waals surface area contributed by atoms with Gasteiger partial charge in [0.05, 0.1) is 5.92 Å². The van der Waals surface area contributed by atoms with Crippen molar-refractivity contribution in [3.63, 3.8) is 0 Å². The summed E-state index contributed by atoms with van der Waals surface area (Å²) in [5.41, 5.74) is 3.22. The molecule has 110 valence electrons. The lowest BCUT2D eigenvalue weighted by Crippen LogP contribution is -2.16. The van der Waals surface area contributed by atoms with Gasteiger partial charge >= 0.3 is 0 Å². The van der Waals surface area contributed by atoms with Gasteiger partial charge in [-0.25, -0.2) is 0 Å². The number of hydrogen-bond acceptors (Lipinski definition) is 2. The molecule has 0 bridgehead atoms. The number of benzene rings is 2. The molecule has 0 radical (unpaired) electrons. The van der Waals surface area contributed by atoms with Gasteiger partial charge in [-0.15, -0.1) is 0 Å². The van der Waals surface area contributed by atoms with Gasteiger partial charge in [-0.05, 0) is 65.8 Å². The first-order valence-corrected chi connectivity index (χ1v) is 7.89. The molecule has 0 heterocycles. The number of phenolic OH excluding ortho intramolecular Hbond substituents is 1. The van der Waals surface area contributed by atoms with Crippen LogP contribution in [0.25, 0.3) is 10.8 Å². The monoisotopic (exact) mass is 290 g/mol. The Hall–Kier alpha value is -2.35. The normalized spacial score (nSPS) is 21.3. The third-order valence-electron chi connectivity index (χ3n) is 4.78. The number of fused-ring (bicyclic) bond motifs is 2. The Morgan fingerprint density at radius 3 is 2.41 bits per heavy atom. The van der Waals surface area contributed by atoms with E-state index in [9.17, 15) is 9.90 Å². The largest absolute Gasteiger partial charge is 0.508 e. The van der Waals surface area contributed by atoms with Gasteiger partial charge in [-0.1, -0.05) is 30.3 Å². The van der Waals surface area contributed by atoms with Gasteiger partial charge in [-0.2, -0.15) is 0 Å². The topological polar surface area (TPSA) is 37.3 Å². The van der Waals surface area contributed by atoms with Crippen molar-refractivity contribution in [2.75, 3.05) is 0 Å². The van der Waals surface area contributed by atoms with Crippen LogP contribution in [0.5, 0.6) is 5.75 Å². The van der Waals surface area contributed by atoms with E-state index in [4.69, 9.17) is 0 Å². The second-order valence-corrected chi connectivity index (χ2v) is 6.21. The van der Waals surface area contributed by atoms with Gasteiger partial charge in [0.25, 0.3) is 0 Å². The first-order valence-electron chi connectivity index (χ1n) is 7.89. The maximum Gasteiger partial charge on any atom is 0.167 e. The summed E-state index contributed by atoms with van der Waals surface area (Å²) in [5, 5.41) is 12.4. The van der Waals surface area contributed by atoms with Gasteiger partial charge in [0.2, 0.25) is 0 Å². The van der Waals surface area contributed by atoms with E-state index < -0.39 is 0 Å². The maximum absolute atomic E-state index is 12.5. The SMILES string of the molecule is O=C1C=C2CCCCC2=CC1c1cc2ccccc2cc1O. The van der Waals surface area contributed by atoms with Crippen LogP contribution in [0.3, 0.4) is 0 Å². The molecule has 0 spiro atoms. The van der Waals surface area contributed by atoms with Crippen LogP contribution in [0.2, 0.25) is 0 Å². The second kappa shape index (κ2) is 5.13. The van der Waals surface area contributed by atoms with E-state index in [1.54, 1.807) is 12.1 Å². The summed E-state index contributed by atoms with van der Waals surface area (Å²) < 4.78 is 0. The van der Waals surface area contributed by atoms with Crippen molar-refractivity contribution in [3.05, 3.63) is 65.3 Å². The molecule has 1 N–H and O–H groups in total. The first kappa shape index (κ1) is 13.3. The third-order valence-corrected chi connectivity index (χ3v) is 4.78. The minimum Gasteiger partial charge on any atom is -0.508 e. The Morgan fingerprint density at radius 1 is 0.955 bits per heavy atom. The predicted octanol–water partition coefficient (Wildman–Crippen LogP) is 4.64. The van der Waals surface area contributed by atoms with Crippen LogP contribution in [0.4, 0.5) is 0 Å². The highest BCUT2D eigenvalue weighted by Gasteiger charge is 2.27. The Balaban J connectivity index is 1.81. The van der Waals surface area contributed by atoms with Crippen LogP contribution in [-0.2, 0) is 4.79 Å². The number of carbonyl (C=O) groups excluding carboxylic acids is 1. The summed E-state index contributed by atoms with van der Waals surface area (Å²) in [6.07, 6.45) is 8.28. The molecule has 2 aromatic carbocycles. The molecule has 2 aliphatic rings. The average Bonchev–Trinajstić information content (AvgIpc) is 2.54. The molecule has 2 heteroatoms. The lowest BCUT2D eigenvalue weighted by Gasteiger charge is -2.25. The summed E-state index contributed by atoms with van der Waals surface area (Å²) in [6.45, 7) is 0. The highest BCUT2D eigenvalue weighted by atomic mass is 16.3. The lowest BCUT2D eigenvalue weighted by atomic mass is 9.79. The molecule has 2 nitrogen and oxygen atoms in total. The molecule has 22 heavy (non-hydrogen) atoms. The van der Waals surface area contributed by atoms with Crippen molar-refractivity contribution in [1.29, 1.82) is 0 Å². The standard InChI is InChI=1S/C20H18O2/c21-19-11-15-7-3-1-5-13(15)9-17(19)18-10-14-6-2-4-8-16(14)12-20(18)22/h1,3,5,7,9-12,18,21H,2,4,6,8H2. The van der Waals surface area contributed by atoms with Crippen LogP contribution >= 0.6 is 0 Å². The molecule has 0 aliphatic heterocycles. The van der Waals surface area contributed by atoms with E-state index in [-0.39, 0.29) is 17.5 Å². The zero-order valence-electron chi connectivity index (χ0n) is 12.4. The van der Waals surface area contributed by atoms with Gasteiger partial charge < -0.3 is 5.11 Å². The Kier molecular flexibility index (Phi) is 3.11. The van der Waals surface area contributed by atoms with E-state index in [0.29, 0.717) is 0 Å². The molecule has 1 saturated carbocycles. The fourth-order valence-corrected chi connectivity index (χ4v) is 3.59. The van der Waals surface area contributed by atoms with Crippen LogP contribution in [0.15, 0.2) is 59.7 Å². The predicted molar refractivity (Wildman–Crippen MR) is 88.0 cm³/mol. The van der Waals surface area contributed by atoms with Gasteiger partial charge in [-0.3, -0.25) is 4.79 Å². The smallest absolute Gasteiger partial charge is 0.167 e. The van der Waals surface area contributed by atoms with Gasteiger partial charge in [0, 0.05) is 5.56 Å². The summed E-state index contributed by atoms with van der Waals surface area (Å²) in [6, 6.07) is 11.6. The fourth-order valence-electron chi connectivity index (χ4n) is 3.59. The van der Waals surface area contributed by atoms with Crippen molar-refractivity contribution in [1.82, 2.24) is 0 Å². The molecule has 0 amide bonds. The molecular weight excluding hydrogens is 272 g/mol. The molecule has 1 unspecified atom stereocenters. The molecule has 1 fully saturated rings. The molecule has 2 aromatic rings. The van der Waals surface area contributed by atoms with Crippen LogP contribution in [0.1, 0.15) is 37.2 Å². The quantitative estimate of drug-likeness (QED) is 0.830. The fraction of sp³-hybridized carbons (Fsp3) is 0.250. The number of rotatable bonds is 1. The number of ketones is 1. The van der Waals surface area contributed by atoms with Crippen molar-refractivity contribution >= 4 is 16.6 Å². The highest BCUT2D eigenvalue weighted by Crippen LogP contribution is 2.39. The van der Waals surface area contributed by atoms with E-state index in [1.807, 2.05) is 30.3 Å². The van der Waals surface area contributed by atoms with Gasteiger partial charge in [0.1, 0.15) is 5.75 Å². The van der Waals surface area contributed by atoms with E-state index in [1.165, 1.54) is 24.0 Å². The van der Waals surface area contributed by atoms with Crippen molar-refractivity contribution in [3.8, 4) is 5.75 Å². The molecular formula is C20H18O2.